The van der Waals surface area contributed by atoms with Gasteiger partial charge in [-0.05, 0) is 87.8 Å². The first-order valence-corrected chi connectivity index (χ1v) is 9.14. The van der Waals surface area contributed by atoms with Gasteiger partial charge in [0.15, 0.2) is 0 Å². The van der Waals surface area contributed by atoms with Crippen LogP contribution in [-0.4, -0.2) is 42.3 Å². The zero-order chi connectivity index (χ0) is 16.1. The Hall–Kier alpha value is -0.970. The lowest BCUT2D eigenvalue weighted by molar-refractivity contribution is 0.157. The van der Waals surface area contributed by atoms with Crippen molar-refractivity contribution in [2.45, 2.75) is 57.0 Å². The van der Waals surface area contributed by atoms with Crippen molar-refractivity contribution in [1.82, 2.24) is 10.2 Å². The van der Waals surface area contributed by atoms with E-state index in [2.05, 4.69) is 10.2 Å². The molecule has 0 spiro atoms. The van der Waals surface area contributed by atoms with Gasteiger partial charge in [-0.2, -0.15) is 0 Å². The molecule has 3 nitrogen and oxygen atoms in total. The fourth-order valence-corrected chi connectivity index (χ4v) is 4.09. The molecule has 0 radical (unpaired) electrons. The van der Waals surface area contributed by atoms with E-state index in [0.29, 0.717) is 18.7 Å². The molecule has 4 heteroatoms. The maximum Gasteiger partial charge on any atom is 0.123 e. The Kier molecular flexibility index (Phi) is 6.03. The molecule has 2 atom stereocenters. The van der Waals surface area contributed by atoms with Crippen LogP contribution < -0.4 is 5.32 Å². The summed E-state index contributed by atoms with van der Waals surface area (Å²) in [7, 11) is 0. The number of unbranched alkanes of at least 4 members (excludes halogenated alkanes) is 1. The molecule has 2 unspecified atom stereocenters. The van der Waals surface area contributed by atoms with Gasteiger partial charge in [0.25, 0.3) is 0 Å². The lowest BCUT2D eigenvalue weighted by Gasteiger charge is -2.27. The number of benzene rings is 1. The highest BCUT2D eigenvalue weighted by atomic mass is 19.1. The molecule has 2 N–H and O–H groups in total. The Morgan fingerprint density at radius 2 is 2.13 bits per heavy atom. The highest BCUT2D eigenvalue weighted by molar-refractivity contribution is 5.32. The van der Waals surface area contributed by atoms with Gasteiger partial charge in [0.2, 0.25) is 0 Å². The van der Waals surface area contributed by atoms with Crippen molar-refractivity contribution in [1.29, 1.82) is 0 Å². The molecule has 0 saturated carbocycles. The van der Waals surface area contributed by atoms with Crippen molar-refractivity contribution in [3.05, 3.63) is 35.1 Å². The van der Waals surface area contributed by atoms with Gasteiger partial charge >= 0.3 is 0 Å². The number of aliphatic hydroxyl groups is 1. The average Bonchev–Trinajstić information content (AvgIpc) is 3.02. The summed E-state index contributed by atoms with van der Waals surface area (Å²) in [5.41, 5.74) is 2.47. The van der Waals surface area contributed by atoms with Gasteiger partial charge in [-0.3, -0.25) is 4.90 Å². The molecule has 1 fully saturated rings. The van der Waals surface area contributed by atoms with Crippen molar-refractivity contribution in [2.75, 3.05) is 26.2 Å². The van der Waals surface area contributed by atoms with Gasteiger partial charge in [0.05, 0.1) is 6.61 Å². The molecular weight excluding hydrogens is 291 g/mol. The molecule has 0 bridgehead atoms. The van der Waals surface area contributed by atoms with E-state index in [-0.39, 0.29) is 5.82 Å². The Morgan fingerprint density at radius 1 is 1.22 bits per heavy atom. The van der Waals surface area contributed by atoms with E-state index in [1.165, 1.54) is 18.4 Å². The fraction of sp³-hybridized carbons (Fsp3) is 0.684. The van der Waals surface area contributed by atoms with Crippen LogP contribution in [0.2, 0.25) is 0 Å². The standard InChI is InChI=1S/C19H29FN2O/c20-16-9-8-15-5-3-7-19(18(15)13-16)21-10-1-2-11-22-12-4-6-17(22)14-23/h8-9,13,17,19,21,23H,1-7,10-12,14H2. The quantitative estimate of drug-likeness (QED) is 0.758. The summed E-state index contributed by atoms with van der Waals surface area (Å²) in [6.07, 6.45) is 8.01. The maximum absolute atomic E-state index is 13.5. The number of aliphatic hydroxyl groups excluding tert-OH is 1. The molecule has 1 saturated heterocycles. The number of halogens is 1. The molecule has 1 aromatic carbocycles. The lowest BCUT2D eigenvalue weighted by atomic mass is 9.87. The molecule has 128 valence electrons. The number of hydrogen-bond acceptors (Lipinski definition) is 3. The van der Waals surface area contributed by atoms with Crippen LogP contribution in [0.5, 0.6) is 0 Å². The number of nitrogens with zero attached hydrogens (tertiary/aromatic N) is 1. The van der Waals surface area contributed by atoms with Gasteiger partial charge in [-0.15, -0.1) is 0 Å². The summed E-state index contributed by atoms with van der Waals surface area (Å²) in [5.74, 6) is -0.124. The zero-order valence-electron chi connectivity index (χ0n) is 13.9. The molecule has 1 heterocycles. The van der Waals surface area contributed by atoms with Gasteiger partial charge in [-0.25, -0.2) is 4.39 Å². The first kappa shape index (κ1) is 16.9. The zero-order valence-corrected chi connectivity index (χ0v) is 13.9. The molecule has 3 rings (SSSR count). The minimum atomic E-state index is -0.124. The van der Waals surface area contributed by atoms with E-state index in [0.717, 1.165) is 57.3 Å². The smallest absolute Gasteiger partial charge is 0.123 e. The number of fused-ring (bicyclic) bond motifs is 1. The van der Waals surface area contributed by atoms with Crippen LogP contribution in [0.1, 0.15) is 55.7 Å². The van der Waals surface area contributed by atoms with Gasteiger partial charge in [0.1, 0.15) is 5.82 Å². The van der Waals surface area contributed by atoms with Crippen LogP contribution in [-0.2, 0) is 6.42 Å². The van der Waals surface area contributed by atoms with Crippen LogP contribution >= 0.6 is 0 Å². The SMILES string of the molecule is OCC1CCCN1CCCCNC1CCCc2ccc(F)cc21. The van der Waals surface area contributed by atoms with Crippen LogP contribution in [0.3, 0.4) is 0 Å². The maximum atomic E-state index is 13.5. The van der Waals surface area contributed by atoms with Crippen molar-refractivity contribution in [2.24, 2.45) is 0 Å². The summed E-state index contributed by atoms with van der Waals surface area (Å²) < 4.78 is 13.5. The Bertz CT molecular complexity index is 508. The second kappa shape index (κ2) is 8.22. The molecular formula is C19H29FN2O. The van der Waals surface area contributed by atoms with Gasteiger partial charge < -0.3 is 10.4 Å². The average molecular weight is 320 g/mol. The Balaban J connectivity index is 1.41. The highest BCUT2D eigenvalue weighted by Crippen LogP contribution is 2.30. The lowest BCUT2D eigenvalue weighted by Crippen LogP contribution is -2.33. The Morgan fingerprint density at radius 3 is 3.00 bits per heavy atom. The van der Waals surface area contributed by atoms with Crippen LogP contribution in [0.4, 0.5) is 4.39 Å². The largest absolute Gasteiger partial charge is 0.395 e. The highest BCUT2D eigenvalue weighted by Gasteiger charge is 2.23. The van der Waals surface area contributed by atoms with Gasteiger partial charge in [-0.1, -0.05) is 6.07 Å². The third-order valence-corrected chi connectivity index (χ3v) is 5.39. The second-order valence-electron chi connectivity index (χ2n) is 6.96. The van der Waals surface area contributed by atoms with E-state index >= 15 is 0 Å². The predicted molar refractivity (Wildman–Crippen MR) is 91.0 cm³/mol. The van der Waals surface area contributed by atoms with Crippen molar-refractivity contribution < 1.29 is 9.50 Å². The first-order chi connectivity index (χ1) is 11.3. The molecule has 1 aliphatic carbocycles. The summed E-state index contributed by atoms with van der Waals surface area (Å²) in [5, 5.41) is 13.0. The van der Waals surface area contributed by atoms with Gasteiger partial charge in [0, 0.05) is 12.1 Å². The monoisotopic (exact) mass is 320 g/mol. The summed E-state index contributed by atoms with van der Waals surface area (Å²) in [6, 6.07) is 5.93. The van der Waals surface area contributed by atoms with E-state index in [1.54, 1.807) is 12.1 Å². The fourth-order valence-electron chi connectivity index (χ4n) is 4.09. The summed E-state index contributed by atoms with van der Waals surface area (Å²) >= 11 is 0. The molecule has 1 aliphatic heterocycles. The minimum absolute atomic E-state index is 0.124. The van der Waals surface area contributed by atoms with Crippen LogP contribution in [0.15, 0.2) is 18.2 Å². The van der Waals surface area contributed by atoms with Crippen LogP contribution in [0, 0.1) is 5.82 Å². The van der Waals surface area contributed by atoms with E-state index in [4.69, 9.17) is 0 Å². The first-order valence-electron chi connectivity index (χ1n) is 9.14. The predicted octanol–water partition coefficient (Wildman–Crippen LogP) is 3.03. The van der Waals surface area contributed by atoms with Crippen molar-refractivity contribution in [3.63, 3.8) is 0 Å². The normalized spacial score (nSPS) is 24.8. The third kappa shape index (κ3) is 4.31. The second-order valence-corrected chi connectivity index (χ2v) is 6.96. The molecule has 23 heavy (non-hydrogen) atoms. The molecule has 2 aliphatic rings. The minimum Gasteiger partial charge on any atom is -0.395 e. The summed E-state index contributed by atoms with van der Waals surface area (Å²) in [6.45, 7) is 3.50. The topological polar surface area (TPSA) is 35.5 Å². The number of aryl methyl sites for hydroxylation is 1. The number of likely N-dealkylation sites (tertiary alicyclic amines) is 1. The Labute approximate surface area is 138 Å². The third-order valence-electron chi connectivity index (χ3n) is 5.39. The molecule has 0 aromatic heterocycles. The van der Waals surface area contributed by atoms with Crippen molar-refractivity contribution >= 4 is 0 Å². The molecule has 0 amide bonds. The number of hydrogen-bond donors (Lipinski definition) is 2. The number of rotatable bonds is 7. The van der Waals surface area contributed by atoms with E-state index in [1.807, 2.05) is 6.07 Å². The molecule has 1 aromatic rings. The van der Waals surface area contributed by atoms with Crippen LogP contribution in [0.25, 0.3) is 0 Å². The number of nitrogens with one attached hydrogen (secondary N) is 1. The van der Waals surface area contributed by atoms with E-state index < -0.39 is 0 Å². The van der Waals surface area contributed by atoms with Crippen molar-refractivity contribution in [3.8, 4) is 0 Å². The van der Waals surface area contributed by atoms with E-state index in [9.17, 15) is 9.50 Å². The summed E-state index contributed by atoms with van der Waals surface area (Å²) in [4.78, 5) is 2.42.